The van der Waals surface area contributed by atoms with Gasteiger partial charge in [-0.3, -0.25) is 9.59 Å². The maximum absolute atomic E-state index is 12.9. The van der Waals surface area contributed by atoms with Crippen molar-refractivity contribution in [2.24, 2.45) is 5.92 Å². The number of hydrogen-bond donors (Lipinski definition) is 2. The average Bonchev–Trinajstić information content (AvgIpc) is 3.51. The number of sulfonamides is 1. The number of rotatable bonds is 10. The molecule has 10 heteroatoms. The van der Waals surface area contributed by atoms with Gasteiger partial charge in [-0.1, -0.05) is 33.8 Å². The number of amides is 2. The summed E-state index contributed by atoms with van der Waals surface area (Å²) in [4.78, 5) is 30.3. The lowest BCUT2D eigenvalue weighted by atomic mass is 10.0. The first-order chi connectivity index (χ1) is 15.2. The molecular formula is C22H30N4O4S2. The van der Waals surface area contributed by atoms with Gasteiger partial charge in [-0.2, -0.15) is 4.31 Å². The fraction of sp³-hybridized carbons (Fsp3) is 0.500. The molecule has 0 radical (unpaired) electrons. The summed E-state index contributed by atoms with van der Waals surface area (Å²) in [5.74, 6) is -0.535. The molecule has 0 spiro atoms. The minimum absolute atomic E-state index is 0.0507. The van der Waals surface area contributed by atoms with Gasteiger partial charge in [0.25, 0.3) is 5.91 Å². The molecule has 2 N–H and O–H groups in total. The molecule has 1 aliphatic carbocycles. The third-order valence-electron chi connectivity index (χ3n) is 5.42. The van der Waals surface area contributed by atoms with E-state index in [1.54, 1.807) is 13.8 Å². The van der Waals surface area contributed by atoms with Crippen LogP contribution in [0.3, 0.4) is 0 Å². The Morgan fingerprint density at radius 3 is 2.50 bits per heavy atom. The Morgan fingerprint density at radius 2 is 1.91 bits per heavy atom. The zero-order valence-corrected chi connectivity index (χ0v) is 20.4. The fourth-order valence-corrected chi connectivity index (χ4v) is 5.66. The van der Waals surface area contributed by atoms with Crippen molar-refractivity contribution in [3.8, 4) is 0 Å². The first-order valence-electron chi connectivity index (χ1n) is 10.8. The third-order valence-corrected chi connectivity index (χ3v) is 8.24. The van der Waals surface area contributed by atoms with Gasteiger partial charge in [0.2, 0.25) is 15.9 Å². The number of nitrogens with zero attached hydrogens (tertiary/aromatic N) is 2. The van der Waals surface area contributed by atoms with Crippen molar-refractivity contribution in [2.45, 2.75) is 57.4 Å². The number of carbonyl (C=O) groups excluding carboxylic acids is 2. The smallest absolute Gasteiger partial charge is 0.251 e. The topological polar surface area (TPSA) is 108 Å². The predicted molar refractivity (Wildman–Crippen MR) is 125 cm³/mol. The Bertz CT molecular complexity index is 1070. The lowest BCUT2D eigenvalue weighted by Gasteiger charge is -2.22. The van der Waals surface area contributed by atoms with Crippen LogP contribution in [-0.4, -0.2) is 48.7 Å². The average molecular weight is 479 g/mol. The first-order valence-corrected chi connectivity index (χ1v) is 13.2. The highest BCUT2D eigenvalue weighted by molar-refractivity contribution is 7.89. The van der Waals surface area contributed by atoms with Gasteiger partial charge in [-0.15, -0.1) is 11.3 Å². The molecule has 1 aromatic heterocycles. The van der Waals surface area contributed by atoms with E-state index in [2.05, 4.69) is 15.6 Å². The van der Waals surface area contributed by atoms with E-state index in [-0.39, 0.29) is 22.3 Å². The Kier molecular flexibility index (Phi) is 7.68. The van der Waals surface area contributed by atoms with Crippen LogP contribution in [0, 0.1) is 5.92 Å². The van der Waals surface area contributed by atoms with Gasteiger partial charge >= 0.3 is 0 Å². The summed E-state index contributed by atoms with van der Waals surface area (Å²) >= 11 is 1.38. The Labute approximate surface area is 193 Å². The van der Waals surface area contributed by atoms with Crippen molar-refractivity contribution in [1.82, 2.24) is 14.6 Å². The van der Waals surface area contributed by atoms with E-state index in [0.717, 1.165) is 18.5 Å². The summed E-state index contributed by atoms with van der Waals surface area (Å²) in [6.07, 6.45) is 2.26. The summed E-state index contributed by atoms with van der Waals surface area (Å²) < 4.78 is 26.9. The van der Waals surface area contributed by atoms with Crippen LogP contribution in [0.1, 0.15) is 62.5 Å². The molecule has 1 atom stereocenters. The molecule has 0 bridgehead atoms. The number of thiazole rings is 1. The SMILES string of the molecule is CCN(CC)S(=O)(=O)c1cccc(C(=O)N[C@@H](C(=O)Nc2nc(C3CC3)cs2)C(C)C)c1. The molecule has 1 aliphatic rings. The van der Waals surface area contributed by atoms with Crippen molar-refractivity contribution in [1.29, 1.82) is 0 Å². The zero-order chi connectivity index (χ0) is 23.5. The molecule has 1 fully saturated rings. The second-order valence-electron chi connectivity index (χ2n) is 8.15. The van der Waals surface area contributed by atoms with Crippen LogP contribution in [0.5, 0.6) is 0 Å². The standard InChI is InChI=1S/C22H30N4O4S2/c1-5-26(6-2)32(29,30)17-9-7-8-16(12-17)20(27)24-19(14(3)4)21(28)25-22-23-18(13-31-22)15-10-11-15/h7-9,12-15,19H,5-6,10-11H2,1-4H3,(H,24,27)(H,23,25,28)/t19-/m1/s1. The number of benzene rings is 1. The molecule has 2 aromatic rings. The normalized spacial score (nSPS) is 15.1. The van der Waals surface area contributed by atoms with Crippen LogP contribution in [0.2, 0.25) is 0 Å². The Morgan fingerprint density at radius 1 is 1.22 bits per heavy atom. The van der Waals surface area contributed by atoms with Gasteiger partial charge in [0.05, 0.1) is 10.6 Å². The van der Waals surface area contributed by atoms with Gasteiger partial charge in [0.15, 0.2) is 5.13 Å². The van der Waals surface area contributed by atoms with Crippen molar-refractivity contribution < 1.29 is 18.0 Å². The number of nitrogens with one attached hydrogen (secondary N) is 2. The quantitative estimate of drug-likeness (QED) is 0.544. The van der Waals surface area contributed by atoms with Crippen molar-refractivity contribution in [3.05, 3.63) is 40.9 Å². The van der Waals surface area contributed by atoms with E-state index < -0.39 is 22.0 Å². The van der Waals surface area contributed by atoms with Crippen LogP contribution >= 0.6 is 11.3 Å². The predicted octanol–water partition coefficient (Wildman–Crippen LogP) is 3.44. The first kappa shape index (κ1) is 24.3. The third kappa shape index (κ3) is 5.54. The van der Waals surface area contributed by atoms with Gasteiger partial charge in [-0.25, -0.2) is 13.4 Å². The van der Waals surface area contributed by atoms with E-state index in [4.69, 9.17) is 0 Å². The molecule has 32 heavy (non-hydrogen) atoms. The molecule has 1 aromatic carbocycles. The van der Waals surface area contributed by atoms with Crippen molar-refractivity contribution >= 4 is 38.3 Å². The highest BCUT2D eigenvalue weighted by Crippen LogP contribution is 2.40. The molecule has 8 nitrogen and oxygen atoms in total. The molecule has 2 amide bonds. The molecule has 3 rings (SSSR count). The molecule has 0 aliphatic heterocycles. The van der Waals surface area contributed by atoms with E-state index in [0.29, 0.717) is 24.1 Å². The largest absolute Gasteiger partial charge is 0.340 e. The Hall–Kier alpha value is -2.30. The molecule has 0 saturated heterocycles. The minimum Gasteiger partial charge on any atom is -0.340 e. The van der Waals surface area contributed by atoms with Crippen molar-refractivity contribution in [3.63, 3.8) is 0 Å². The minimum atomic E-state index is -3.69. The lowest BCUT2D eigenvalue weighted by Crippen LogP contribution is -2.47. The zero-order valence-electron chi connectivity index (χ0n) is 18.8. The summed E-state index contributed by atoms with van der Waals surface area (Å²) in [5, 5.41) is 8.02. The van der Waals surface area contributed by atoms with Crippen molar-refractivity contribution in [2.75, 3.05) is 18.4 Å². The molecule has 0 unspecified atom stereocenters. The number of hydrogen-bond acceptors (Lipinski definition) is 6. The molecule has 1 saturated carbocycles. The summed E-state index contributed by atoms with van der Waals surface area (Å²) in [5.41, 5.74) is 1.18. The van der Waals surface area contributed by atoms with Gasteiger partial charge in [0.1, 0.15) is 6.04 Å². The number of carbonyl (C=O) groups is 2. The van der Waals surface area contributed by atoms with Crippen LogP contribution < -0.4 is 10.6 Å². The monoisotopic (exact) mass is 478 g/mol. The summed E-state index contributed by atoms with van der Waals surface area (Å²) in [6.45, 7) is 7.87. The number of anilines is 1. The summed E-state index contributed by atoms with van der Waals surface area (Å²) in [7, 11) is -3.69. The Balaban J connectivity index is 1.73. The van der Waals surface area contributed by atoms with Gasteiger partial charge in [-0.05, 0) is 37.0 Å². The fourth-order valence-electron chi connectivity index (χ4n) is 3.36. The van der Waals surface area contributed by atoms with E-state index in [1.165, 1.54) is 39.9 Å². The van der Waals surface area contributed by atoms with Gasteiger partial charge in [0, 0.05) is 30.0 Å². The van der Waals surface area contributed by atoms with Crippen LogP contribution in [-0.2, 0) is 14.8 Å². The van der Waals surface area contributed by atoms with Crippen LogP contribution in [0.15, 0.2) is 34.5 Å². The molecular weight excluding hydrogens is 448 g/mol. The number of aromatic nitrogens is 1. The molecule has 1 heterocycles. The highest BCUT2D eigenvalue weighted by atomic mass is 32.2. The lowest BCUT2D eigenvalue weighted by molar-refractivity contribution is -0.118. The maximum Gasteiger partial charge on any atom is 0.251 e. The second kappa shape index (κ2) is 10.1. The van der Waals surface area contributed by atoms with Crippen LogP contribution in [0.25, 0.3) is 0 Å². The maximum atomic E-state index is 12.9. The van der Waals surface area contributed by atoms with Crippen LogP contribution in [0.4, 0.5) is 5.13 Å². The summed E-state index contributed by atoms with van der Waals surface area (Å²) in [6, 6.07) is 5.09. The molecule has 174 valence electrons. The highest BCUT2D eigenvalue weighted by Gasteiger charge is 2.29. The van der Waals surface area contributed by atoms with E-state index in [9.17, 15) is 18.0 Å². The van der Waals surface area contributed by atoms with E-state index in [1.807, 2.05) is 19.2 Å². The van der Waals surface area contributed by atoms with Gasteiger partial charge < -0.3 is 10.6 Å². The van der Waals surface area contributed by atoms with E-state index >= 15 is 0 Å². The second-order valence-corrected chi connectivity index (χ2v) is 10.9.